The van der Waals surface area contributed by atoms with Crippen LogP contribution in [0.3, 0.4) is 0 Å². The summed E-state index contributed by atoms with van der Waals surface area (Å²) in [5, 5.41) is 2.87. The molecule has 1 atom stereocenters. The summed E-state index contributed by atoms with van der Waals surface area (Å²) in [7, 11) is 0. The summed E-state index contributed by atoms with van der Waals surface area (Å²) >= 11 is 0. The third-order valence-corrected chi connectivity index (χ3v) is 4.88. The van der Waals surface area contributed by atoms with Gasteiger partial charge in [-0.25, -0.2) is 0 Å². The molecule has 1 amide bonds. The van der Waals surface area contributed by atoms with Crippen molar-refractivity contribution in [2.75, 3.05) is 19.8 Å². The highest BCUT2D eigenvalue weighted by molar-refractivity contribution is 5.77. The summed E-state index contributed by atoms with van der Waals surface area (Å²) in [5.41, 5.74) is 1.40. The lowest BCUT2D eigenvalue weighted by molar-refractivity contribution is -0.123. The van der Waals surface area contributed by atoms with Crippen LogP contribution in [0.5, 0.6) is 5.75 Å². The van der Waals surface area contributed by atoms with Gasteiger partial charge in [-0.2, -0.15) is 0 Å². The molecule has 3 rings (SSSR count). The topological polar surface area (TPSA) is 47.6 Å². The molecule has 2 fully saturated rings. The largest absolute Gasteiger partial charge is 0.484 e. The first kappa shape index (κ1) is 16.3. The maximum atomic E-state index is 11.8. The predicted molar refractivity (Wildman–Crippen MR) is 89.7 cm³/mol. The van der Waals surface area contributed by atoms with Crippen LogP contribution >= 0.6 is 0 Å². The number of hydrogen-bond acceptors (Lipinski definition) is 3. The van der Waals surface area contributed by atoms with E-state index in [-0.39, 0.29) is 18.6 Å². The molecule has 4 nitrogen and oxygen atoms in total. The van der Waals surface area contributed by atoms with Crippen molar-refractivity contribution in [3.63, 3.8) is 0 Å². The van der Waals surface area contributed by atoms with Crippen molar-refractivity contribution in [3.8, 4) is 5.75 Å². The van der Waals surface area contributed by atoms with Gasteiger partial charge in [-0.15, -0.1) is 0 Å². The molecule has 23 heavy (non-hydrogen) atoms. The van der Waals surface area contributed by atoms with E-state index >= 15 is 0 Å². The van der Waals surface area contributed by atoms with Gasteiger partial charge in [0.15, 0.2) is 6.61 Å². The lowest BCUT2D eigenvalue weighted by Gasteiger charge is -2.22. The van der Waals surface area contributed by atoms with Crippen LogP contribution < -0.4 is 10.1 Å². The van der Waals surface area contributed by atoms with E-state index in [9.17, 15) is 4.79 Å². The molecule has 1 aliphatic carbocycles. The number of carbonyl (C=O) groups is 1. The van der Waals surface area contributed by atoms with Crippen molar-refractivity contribution < 1.29 is 14.3 Å². The van der Waals surface area contributed by atoms with Gasteiger partial charge in [-0.1, -0.05) is 31.4 Å². The zero-order chi connectivity index (χ0) is 15.9. The normalized spacial score (nSPS) is 22.0. The van der Waals surface area contributed by atoms with Gasteiger partial charge in [0, 0.05) is 13.2 Å². The van der Waals surface area contributed by atoms with Crippen molar-refractivity contribution >= 4 is 5.91 Å². The van der Waals surface area contributed by atoms with Crippen LogP contribution in [0.25, 0.3) is 0 Å². The summed E-state index contributed by atoms with van der Waals surface area (Å²) < 4.78 is 11.1. The second-order valence-electron chi connectivity index (χ2n) is 6.63. The minimum absolute atomic E-state index is 0.0650. The molecule has 126 valence electrons. The summed E-state index contributed by atoms with van der Waals surface area (Å²) in [4.78, 5) is 11.8. The second kappa shape index (κ2) is 8.34. The predicted octanol–water partition coefficient (Wildman–Crippen LogP) is 3.41. The summed E-state index contributed by atoms with van der Waals surface area (Å²) in [6.07, 6.45) is 8.94. The highest BCUT2D eigenvalue weighted by Crippen LogP contribution is 2.33. The molecule has 1 aromatic rings. The Bertz CT molecular complexity index is 488. The monoisotopic (exact) mass is 317 g/mol. The average Bonchev–Trinajstić information content (AvgIpc) is 3.13. The Morgan fingerprint density at radius 3 is 2.57 bits per heavy atom. The Labute approximate surface area is 138 Å². The molecule has 2 aliphatic rings. The van der Waals surface area contributed by atoms with E-state index in [0.29, 0.717) is 12.5 Å². The zero-order valence-electron chi connectivity index (χ0n) is 13.8. The fourth-order valence-corrected chi connectivity index (χ4v) is 3.51. The van der Waals surface area contributed by atoms with E-state index in [0.717, 1.165) is 25.2 Å². The number of amides is 1. The number of carbonyl (C=O) groups excluding carboxylic acids is 1. The highest BCUT2D eigenvalue weighted by Gasteiger charge is 2.17. The number of benzene rings is 1. The van der Waals surface area contributed by atoms with Crippen LogP contribution in [0.2, 0.25) is 0 Å². The van der Waals surface area contributed by atoms with E-state index < -0.39 is 0 Å². The lowest BCUT2D eigenvalue weighted by atomic mass is 9.84. The van der Waals surface area contributed by atoms with Gasteiger partial charge >= 0.3 is 0 Å². The molecule has 0 aromatic heterocycles. The van der Waals surface area contributed by atoms with E-state index in [1.807, 2.05) is 12.1 Å². The minimum Gasteiger partial charge on any atom is -0.484 e. The maximum Gasteiger partial charge on any atom is 0.258 e. The average molecular weight is 317 g/mol. The van der Waals surface area contributed by atoms with E-state index in [1.54, 1.807) is 0 Å². The van der Waals surface area contributed by atoms with Gasteiger partial charge < -0.3 is 14.8 Å². The summed E-state index contributed by atoms with van der Waals surface area (Å²) in [5.74, 6) is 1.38. The molecule has 1 unspecified atom stereocenters. The standard InChI is InChI=1S/C19H27NO3/c21-19(20-13-18-7-4-12-22-18)14-23-17-10-8-16(9-11-17)15-5-2-1-3-6-15/h8-11,15,18H,1-7,12-14H2,(H,20,21). The lowest BCUT2D eigenvalue weighted by Crippen LogP contribution is -2.35. The summed E-state index contributed by atoms with van der Waals surface area (Å²) in [6.45, 7) is 1.46. The van der Waals surface area contributed by atoms with Crippen molar-refractivity contribution in [1.82, 2.24) is 5.32 Å². The Balaban J connectivity index is 1.40. The molecule has 0 radical (unpaired) electrons. The van der Waals surface area contributed by atoms with E-state index in [2.05, 4.69) is 17.4 Å². The zero-order valence-corrected chi connectivity index (χ0v) is 13.8. The molecule has 4 heteroatoms. The van der Waals surface area contributed by atoms with Crippen molar-refractivity contribution in [1.29, 1.82) is 0 Å². The Morgan fingerprint density at radius 1 is 1.09 bits per heavy atom. The molecular formula is C19H27NO3. The molecule has 1 saturated carbocycles. The quantitative estimate of drug-likeness (QED) is 0.874. The Hall–Kier alpha value is -1.55. The first-order valence-corrected chi connectivity index (χ1v) is 8.92. The molecule has 1 heterocycles. The van der Waals surface area contributed by atoms with Gasteiger partial charge in [-0.05, 0) is 49.3 Å². The fourth-order valence-electron chi connectivity index (χ4n) is 3.51. The SMILES string of the molecule is O=C(COc1ccc(C2CCCCC2)cc1)NCC1CCCO1. The van der Waals surface area contributed by atoms with Gasteiger partial charge in [0.25, 0.3) is 5.91 Å². The van der Waals surface area contributed by atoms with E-state index in [1.165, 1.54) is 37.7 Å². The van der Waals surface area contributed by atoms with Crippen molar-refractivity contribution in [2.24, 2.45) is 0 Å². The third kappa shape index (κ3) is 4.96. The molecule has 0 bridgehead atoms. The van der Waals surface area contributed by atoms with Gasteiger partial charge in [0.2, 0.25) is 0 Å². The maximum absolute atomic E-state index is 11.8. The molecule has 1 saturated heterocycles. The van der Waals surface area contributed by atoms with Crippen LogP contribution in [0.15, 0.2) is 24.3 Å². The number of hydrogen-bond donors (Lipinski definition) is 1. The Morgan fingerprint density at radius 2 is 1.87 bits per heavy atom. The van der Waals surface area contributed by atoms with Crippen LogP contribution in [0.4, 0.5) is 0 Å². The molecular weight excluding hydrogens is 290 g/mol. The van der Waals surface area contributed by atoms with Crippen molar-refractivity contribution in [2.45, 2.75) is 57.0 Å². The van der Waals surface area contributed by atoms with E-state index in [4.69, 9.17) is 9.47 Å². The van der Waals surface area contributed by atoms with Gasteiger partial charge in [0.1, 0.15) is 5.75 Å². The second-order valence-corrected chi connectivity index (χ2v) is 6.63. The molecule has 1 aromatic carbocycles. The van der Waals surface area contributed by atoms with Crippen LogP contribution in [0, 0.1) is 0 Å². The number of ether oxygens (including phenoxy) is 2. The Kier molecular flexibility index (Phi) is 5.92. The van der Waals surface area contributed by atoms with Crippen LogP contribution in [-0.2, 0) is 9.53 Å². The van der Waals surface area contributed by atoms with Crippen molar-refractivity contribution in [3.05, 3.63) is 29.8 Å². The van der Waals surface area contributed by atoms with Crippen LogP contribution in [0.1, 0.15) is 56.4 Å². The molecule has 0 spiro atoms. The first-order valence-electron chi connectivity index (χ1n) is 8.92. The molecule has 1 N–H and O–H groups in total. The number of rotatable bonds is 6. The van der Waals surface area contributed by atoms with Gasteiger partial charge in [-0.3, -0.25) is 4.79 Å². The smallest absolute Gasteiger partial charge is 0.258 e. The summed E-state index contributed by atoms with van der Waals surface area (Å²) in [6, 6.07) is 8.26. The minimum atomic E-state index is -0.0862. The third-order valence-electron chi connectivity index (χ3n) is 4.88. The van der Waals surface area contributed by atoms with Crippen LogP contribution in [-0.4, -0.2) is 31.8 Å². The van der Waals surface area contributed by atoms with Gasteiger partial charge in [0.05, 0.1) is 6.10 Å². The molecule has 1 aliphatic heterocycles. The number of nitrogens with one attached hydrogen (secondary N) is 1. The highest BCUT2D eigenvalue weighted by atomic mass is 16.5. The fraction of sp³-hybridized carbons (Fsp3) is 0.632. The first-order chi connectivity index (χ1) is 11.3.